The number of carbonyl (C=O) groups is 1. The highest BCUT2D eigenvalue weighted by atomic mass is 16.5. The zero-order valence-corrected chi connectivity index (χ0v) is 14.6. The van der Waals surface area contributed by atoms with Crippen molar-refractivity contribution in [2.75, 3.05) is 27.3 Å². The third-order valence-corrected chi connectivity index (χ3v) is 4.36. The molecule has 1 aromatic carbocycles. The molecular formula is C20H22N2O3. The van der Waals surface area contributed by atoms with E-state index < -0.39 is 0 Å². The van der Waals surface area contributed by atoms with Gasteiger partial charge in [0, 0.05) is 19.3 Å². The Balaban J connectivity index is 1.64. The molecular weight excluding hydrogens is 316 g/mol. The number of rotatable bonds is 5. The van der Waals surface area contributed by atoms with Gasteiger partial charge in [0.1, 0.15) is 0 Å². The van der Waals surface area contributed by atoms with Gasteiger partial charge in [0.15, 0.2) is 11.5 Å². The summed E-state index contributed by atoms with van der Waals surface area (Å²) >= 11 is 0. The molecule has 0 bridgehead atoms. The van der Waals surface area contributed by atoms with Gasteiger partial charge in [-0.25, -0.2) is 0 Å². The summed E-state index contributed by atoms with van der Waals surface area (Å²) in [7, 11) is 3.19. The average Bonchev–Trinajstić information content (AvgIpc) is 2.68. The van der Waals surface area contributed by atoms with Crippen molar-refractivity contribution in [2.45, 2.75) is 12.8 Å². The third-order valence-electron chi connectivity index (χ3n) is 4.36. The summed E-state index contributed by atoms with van der Waals surface area (Å²) in [5.74, 6) is 1.42. The monoisotopic (exact) mass is 338 g/mol. The Kier molecular flexibility index (Phi) is 5.33. The largest absolute Gasteiger partial charge is 0.493 e. The van der Waals surface area contributed by atoms with Gasteiger partial charge in [-0.1, -0.05) is 18.2 Å². The molecule has 0 unspecified atom stereocenters. The SMILES string of the molecule is COc1ccc(CC(=O)N2CC=C(c3ccccn3)CC2)cc1OC. The molecule has 1 aromatic heterocycles. The summed E-state index contributed by atoms with van der Waals surface area (Å²) in [6, 6.07) is 11.5. The average molecular weight is 338 g/mol. The molecule has 3 rings (SSSR count). The van der Waals surface area contributed by atoms with Crippen LogP contribution in [-0.4, -0.2) is 43.1 Å². The van der Waals surface area contributed by atoms with Crippen molar-refractivity contribution in [2.24, 2.45) is 0 Å². The van der Waals surface area contributed by atoms with Gasteiger partial charge in [0.25, 0.3) is 0 Å². The number of amides is 1. The first-order valence-electron chi connectivity index (χ1n) is 8.30. The van der Waals surface area contributed by atoms with Crippen molar-refractivity contribution < 1.29 is 14.3 Å². The molecule has 2 aromatic rings. The number of hydrogen-bond acceptors (Lipinski definition) is 4. The zero-order chi connectivity index (χ0) is 17.6. The molecule has 1 aliphatic rings. The van der Waals surface area contributed by atoms with Crippen LogP contribution in [0.15, 0.2) is 48.7 Å². The number of carbonyl (C=O) groups excluding carboxylic acids is 1. The van der Waals surface area contributed by atoms with Gasteiger partial charge < -0.3 is 14.4 Å². The lowest BCUT2D eigenvalue weighted by atomic mass is 10.0. The first kappa shape index (κ1) is 17.0. The van der Waals surface area contributed by atoms with Crippen molar-refractivity contribution in [1.29, 1.82) is 0 Å². The fourth-order valence-corrected chi connectivity index (χ4v) is 2.96. The van der Waals surface area contributed by atoms with E-state index in [9.17, 15) is 4.79 Å². The number of pyridine rings is 1. The van der Waals surface area contributed by atoms with E-state index in [4.69, 9.17) is 9.47 Å². The van der Waals surface area contributed by atoms with Crippen molar-refractivity contribution in [3.8, 4) is 11.5 Å². The quantitative estimate of drug-likeness (QED) is 0.841. The normalized spacial score (nSPS) is 14.0. The number of methoxy groups -OCH3 is 2. The minimum atomic E-state index is 0.114. The van der Waals surface area contributed by atoms with Crippen LogP contribution in [0.1, 0.15) is 17.7 Å². The van der Waals surface area contributed by atoms with Gasteiger partial charge in [0.05, 0.1) is 26.3 Å². The van der Waals surface area contributed by atoms with E-state index >= 15 is 0 Å². The van der Waals surface area contributed by atoms with Crippen molar-refractivity contribution in [1.82, 2.24) is 9.88 Å². The predicted molar refractivity (Wildman–Crippen MR) is 96.7 cm³/mol. The number of hydrogen-bond donors (Lipinski definition) is 0. The fraction of sp³-hybridized carbons (Fsp3) is 0.300. The Morgan fingerprint density at radius 3 is 2.64 bits per heavy atom. The van der Waals surface area contributed by atoms with Crippen LogP contribution in [0.25, 0.3) is 5.57 Å². The lowest BCUT2D eigenvalue weighted by Crippen LogP contribution is -2.35. The molecule has 130 valence electrons. The summed E-state index contributed by atoms with van der Waals surface area (Å²) < 4.78 is 10.5. The number of nitrogens with zero attached hydrogens (tertiary/aromatic N) is 2. The van der Waals surface area contributed by atoms with Gasteiger partial charge in [-0.2, -0.15) is 0 Å². The van der Waals surface area contributed by atoms with E-state index in [2.05, 4.69) is 11.1 Å². The van der Waals surface area contributed by atoms with Crippen LogP contribution in [0, 0.1) is 0 Å². The Labute approximate surface area is 147 Å². The van der Waals surface area contributed by atoms with E-state index in [0.29, 0.717) is 31.0 Å². The van der Waals surface area contributed by atoms with Crippen LogP contribution in [-0.2, 0) is 11.2 Å². The van der Waals surface area contributed by atoms with Crippen LogP contribution in [0.2, 0.25) is 0 Å². The minimum absolute atomic E-state index is 0.114. The second-order valence-electron chi connectivity index (χ2n) is 5.90. The molecule has 0 spiro atoms. The molecule has 1 aliphatic heterocycles. The molecule has 0 saturated heterocycles. The smallest absolute Gasteiger partial charge is 0.227 e. The second kappa shape index (κ2) is 7.83. The highest BCUT2D eigenvalue weighted by Gasteiger charge is 2.19. The molecule has 25 heavy (non-hydrogen) atoms. The first-order chi connectivity index (χ1) is 12.2. The molecule has 0 atom stereocenters. The van der Waals surface area contributed by atoms with Gasteiger partial charge in [-0.05, 0) is 41.8 Å². The fourth-order valence-electron chi connectivity index (χ4n) is 2.96. The molecule has 0 N–H and O–H groups in total. The van der Waals surface area contributed by atoms with Gasteiger partial charge in [-0.15, -0.1) is 0 Å². The minimum Gasteiger partial charge on any atom is -0.493 e. The number of ether oxygens (including phenoxy) is 2. The molecule has 0 fully saturated rings. The van der Waals surface area contributed by atoms with Crippen LogP contribution >= 0.6 is 0 Å². The maximum absolute atomic E-state index is 12.6. The molecule has 0 saturated carbocycles. The Morgan fingerprint density at radius 2 is 2.00 bits per heavy atom. The van der Waals surface area contributed by atoms with E-state index in [1.165, 1.54) is 5.57 Å². The summed E-state index contributed by atoms with van der Waals surface area (Å²) in [5.41, 5.74) is 3.12. The topological polar surface area (TPSA) is 51.7 Å². The predicted octanol–water partition coefficient (Wildman–Crippen LogP) is 2.96. The standard InChI is InChI=1S/C20H22N2O3/c1-24-18-7-6-15(13-19(18)25-2)14-20(23)22-11-8-16(9-12-22)17-5-3-4-10-21-17/h3-8,10,13H,9,11-12,14H2,1-2H3. The summed E-state index contributed by atoms with van der Waals surface area (Å²) in [6.45, 7) is 1.34. The van der Waals surface area contributed by atoms with Gasteiger partial charge >= 0.3 is 0 Å². The van der Waals surface area contributed by atoms with Crippen molar-refractivity contribution >= 4 is 11.5 Å². The highest BCUT2D eigenvalue weighted by molar-refractivity contribution is 5.80. The van der Waals surface area contributed by atoms with Crippen LogP contribution < -0.4 is 9.47 Å². The highest BCUT2D eigenvalue weighted by Crippen LogP contribution is 2.28. The molecule has 5 nitrogen and oxygen atoms in total. The van der Waals surface area contributed by atoms with E-state index in [1.807, 2.05) is 41.3 Å². The van der Waals surface area contributed by atoms with E-state index in [1.54, 1.807) is 20.4 Å². The lowest BCUT2D eigenvalue weighted by molar-refractivity contribution is -0.130. The Morgan fingerprint density at radius 1 is 1.16 bits per heavy atom. The second-order valence-corrected chi connectivity index (χ2v) is 5.90. The van der Waals surface area contributed by atoms with Gasteiger partial charge in [-0.3, -0.25) is 9.78 Å². The maximum Gasteiger partial charge on any atom is 0.227 e. The van der Waals surface area contributed by atoms with E-state index in [-0.39, 0.29) is 5.91 Å². The Bertz CT molecular complexity index is 772. The van der Waals surface area contributed by atoms with Crippen LogP contribution in [0.5, 0.6) is 11.5 Å². The lowest BCUT2D eigenvalue weighted by Gasteiger charge is -2.26. The molecule has 1 amide bonds. The molecule has 5 heteroatoms. The van der Waals surface area contributed by atoms with Gasteiger partial charge in [0.2, 0.25) is 5.91 Å². The summed E-state index contributed by atoms with van der Waals surface area (Å²) in [4.78, 5) is 18.8. The summed E-state index contributed by atoms with van der Waals surface area (Å²) in [5, 5.41) is 0. The first-order valence-corrected chi connectivity index (χ1v) is 8.30. The maximum atomic E-state index is 12.6. The van der Waals surface area contributed by atoms with E-state index in [0.717, 1.165) is 17.7 Å². The third kappa shape index (κ3) is 3.99. The molecule has 0 radical (unpaired) electrons. The number of benzene rings is 1. The Hall–Kier alpha value is -2.82. The van der Waals surface area contributed by atoms with Crippen molar-refractivity contribution in [3.63, 3.8) is 0 Å². The van der Waals surface area contributed by atoms with Crippen molar-refractivity contribution in [3.05, 3.63) is 59.9 Å². The number of aromatic nitrogens is 1. The van der Waals surface area contributed by atoms with Crippen LogP contribution in [0.3, 0.4) is 0 Å². The summed E-state index contributed by atoms with van der Waals surface area (Å²) in [6.07, 6.45) is 5.07. The molecule has 0 aliphatic carbocycles. The zero-order valence-electron chi connectivity index (χ0n) is 14.6. The van der Waals surface area contributed by atoms with Crippen LogP contribution in [0.4, 0.5) is 0 Å². The molecule has 2 heterocycles.